The Kier molecular flexibility index (Phi) is 10.4. The lowest BCUT2D eigenvalue weighted by Gasteiger charge is -2.47. The fraction of sp³-hybridized carbons (Fsp3) is 0.171. The van der Waals surface area contributed by atoms with Crippen molar-refractivity contribution in [2.75, 3.05) is 6.61 Å². The average Bonchev–Trinajstić information content (AvgIpc) is 3.11. The lowest BCUT2D eigenvalue weighted by atomic mass is 9.93. The van der Waals surface area contributed by atoms with Gasteiger partial charge < -0.3 is 29.4 Å². The number of halogens is 1. The molecule has 5 atom stereocenters. The second-order valence-electron chi connectivity index (χ2n) is 10.3. The van der Waals surface area contributed by atoms with Crippen molar-refractivity contribution in [3.63, 3.8) is 0 Å². The van der Waals surface area contributed by atoms with Gasteiger partial charge in [0.15, 0.2) is 18.3 Å². The Labute approximate surface area is 277 Å². The Morgan fingerprint density at radius 2 is 0.936 bits per heavy atom. The number of hydrogen-bond acceptors (Lipinski definition) is 10. The minimum Gasteiger partial charge on any atom is -0.459 e. The van der Waals surface area contributed by atoms with Crippen molar-refractivity contribution in [2.45, 2.75) is 28.9 Å². The summed E-state index contributed by atoms with van der Waals surface area (Å²) >= 11 is 3.20. The van der Waals surface area contributed by atoms with Crippen molar-refractivity contribution in [3.8, 4) is 0 Å². The standard InChI is InChI=1S/C35H28BrNO10/c36-35(34(37)42)29(46-33(41)25-19-11-4-12-20-25)28(45-32(40)24-17-9-3-10-18-24)27(44-31(39)23-15-7-2-8-16-23)26(47-35)21-43-30(38)22-13-5-1-6-14-22/h1-20,26-29H,21H2,(H2,37,42). The highest BCUT2D eigenvalue weighted by atomic mass is 79.9. The predicted molar refractivity (Wildman–Crippen MR) is 169 cm³/mol. The van der Waals surface area contributed by atoms with E-state index in [0.717, 1.165) is 0 Å². The van der Waals surface area contributed by atoms with Crippen LogP contribution in [0.1, 0.15) is 41.4 Å². The molecule has 0 radical (unpaired) electrons. The lowest BCUT2D eigenvalue weighted by Crippen LogP contribution is -2.69. The number of esters is 4. The number of nitrogens with two attached hydrogens (primary N) is 1. The topological polar surface area (TPSA) is 158 Å². The smallest absolute Gasteiger partial charge is 0.338 e. The molecule has 47 heavy (non-hydrogen) atoms. The van der Waals surface area contributed by atoms with Gasteiger partial charge in [0.05, 0.1) is 22.3 Å². The maximum atomic E-state index is 13.5. The van der Waals surface area contributed by atoms with E-state index in [1.165, 1.54) is 48.5 Å². The van der Waals surface area contributed by atoms with Crippen LogP contribution in [0.25, 0.3) is 0 Å². The first-order chi connectivity index (χ1) is 22.7. The van der Waals surface area contributed by atoms with E-state index in [2.05, 4.69) is 15.9 Å². The Morgan fingerprint density at radius 3 is 1.34 bits per heavy atom. The van der Waals surface area contributed by atoms with E-state index in [-0.39, 0.29) is 22.3 Å². The first-order valence-corrected chi connectivity index (χ1v) is 15.1. The van der Waals surface area contributed by atoms with Crippen LogP contribution in [0.15, 0.2) is 121 Å². The quantitative estimate of drug-likeness (QED) is 0.142. The minimum atomic E-state index is -2.35. The highest BCUT2D eigenvalue weighted by Crippen LogP contribution is 2.40. The van der Waals surface area contributed by atoms with Crippen molar-refractivity contribution in [1.29, 1.82) is 0 Å². The van der Waals surface area contributed by atoms with Crippen molar-refractivity contribution >= 4 is 45.7 Å². The normalized spacial score (nSPS) is 21.9. The van der Waals surface area contributed by atoms with Gasteiger partial charge in [-0.3, -0.25) is 4.79 Å². The van der Waals surface area contributed by atoms with Gasteiger partial charge in [-0.25, -0.2) is 19.2 Å². The molecule has 5 unspecified atom stereocenters. The van der Waals surface area contributed by atoms with Crippen molar-refractivity contribution in [3.05, 3.63) is 144 Å². The van der Waals surface area contributed by atoms with E-state index in [0.29, 0.717) is 0 Å². The number of rotatable bonds is 10. The number of benzene rings is 4. The Hall–Kier alpha value is -5.33. The van der Waals surface area contributed by atoms with Gasteiger partial charge in [-0.15, -0.1) is 0 Å². The summed E-state index contributed by atoms with van der Waals surface area (Å²) in [4.78, 5) is 66.2. The number of carbonyl (C=O) groups is 5. The maximum Gasteiger partial charge on any atom is 0.338 e. The average molecular weight is 703 g/mol. The van der Waals surface area contributed by atoms with E-state index in [1.807, 2.05) is 0 Å². The third-order valence-corrected chi connectivity index (χ3v) is 8.18. The maximum absolute atomic E-state index is 13.5. The van der Waals surface area contributed by atoms with E-state index in [4.69, 9.17) is 29.4 Å². The van der Waals surface area contributed by atoms with Crippen LogP contribution < -0.4 is 5.73 Å². The molecule has 2 N–H and O–H groups in total. The van der Waals surface area contributed by atoms with Crippen LogP contribution in [0.5, 0.6) is 0 Å². The number of hydrogen-bond donors (Lipinski definition) is 1. The minimum absolute atomic E-state index is 0.0942. The van der Waals surface area contributed by atoms with Crippen LogP contribution in [0.2, 0.25) is 0 Å². The first kappa shape index (κ1) is 33.0. The lowest BCUT2D eigenvalue weighted by molar-refractivity contribution is -0.234. The van der Waals surface area contributed by atoms with E-state index < -0.39 is 65.3 Å². The molecule has 11 nitrogen and oxygen atoms in total. The Morgan fingerprint density at radius 1 is 0.574 bits per heavy atom. The zero-order valence-corrected chi connectivity index (χ0v) is 26.2. The first-order valence-electron chi connectivity index (χ1n) is 14.3. The highest BCUT2D eigenvalue weighted by Gasteiger charge is 2.62. The predicted octanol–water partition coefficient (Wildman–Crippen LogP) is 4.50. The van der Waals surface area contributed by atoms with Crippen molar-refractivity contribution < 1.29 is 47.7 Å². The molecule has 0 spiro atoms. The molecule has 240 valence electrons. The monoisotopic (exact) mass is 701 g/mol. The molecule has 12 heteroatoms. The van der Waals surface area contributed by atoms with Crippen LogP contribution in [-0.4, -0.2) is 65.3 Å². The van der Waals surface area contributed by atoms with Crippen LogP contribution in [0, 0.1) is 0 Å². The summed E-state index contributed by atoms with van der Waals surface area (Å²) in [5, 5.41) is 0. The van der Waals surface area contributed by atoms with E-state index >= 15 is 0 Å². The fourth-order valence-electron chi connectivity index (χ4n) is 4.80. The van der Waals surface area contributed by atoms with Gasteiger partial charge in [0.25, 0.3) is 5.91 Å². The summed E-state index contributed by atoms with van der Waals surface area (Å²) in [5.74, 6) is -4.62. The SMILES string of the molecule is NC(=O)C1(Br)OC(COC(=O)c2ccccc2)C(OC(=O)c2ccccc2)C(OC(=O)c2ccccc2)C1OC(=O)c1ccccc1. The zero-order chi connectivity index (χ0) is 33.4. The summed E-state index contributed by atoms with van der Waals surface area (Å²) in [6.45, 7) is -0.597. The summed E-state index contributed by atoms with van der Waals surface area (Å²) in [6, 6.07) is 31.6. The molecule has 1 aliphatic rings. The number of primary amides is 1. The van der Waals surface area contributed by atoms with E-state index in [9.17, 15) is 24.0 Å². The molecular weight excluding hydrogens is 674 g/mol. The van der Waals surface area contributed by atoms with Crippen LogP contribution >= 0.6 is 15.9 Å². The molecule has 0 aliphatic carbocycles. The molecule has 1 aliphatic heterocycles. The molecule has 1 heterocycles. The van der Waals surface area contributed by atoms with Gasteiger partial charge in [0.1, 0.15) is 12.7 Å². The second kappa shape index (κ2) is 14.8. The van der Waals surface area contributed by atoms with Gasteiger partial charge in [-0.2, -0.15) is 0 Å². The summed E-state index contributed by atoms with van der Waals surface area (Å²) < 4.78 is 26.8. The Bertz CT molecular complexity index is 1720. The molecule has 5 rings (SSSR count). The number of ether oxygens (including phenoxy) is 5. The van der Waals surface area contributed by atoms with E-state index in [1.54, 1.807) is 72.8 Å². The Balaban J connectivity index is 1.57. The van der Waals surface area contributed by atoms with Crippen LogP contribution in [0.4, 0.5) is 0 Å². The number of carbonyl (C=O) groups excluding carboxylic acids is 5. The molecule has 0 saturated carbocycles. The van der Waals surface area contributed by atoms with Crippen molar-refractivity contribution in [2.24, 2.45) is 5.73 Å². The molecular formula is C35H28BrNO10. The highest BCUT2D eigenvalue weighted by molar-refractivity contribution is 9.10. The number of amides is 1. The summed E-state index contributed by atoms with van der Waals surface area (Å²) in [5.41, 5.74) is 6.34. The van der Waals surface area contributed by atoms with Gasteiger partial charge >= 0.3 is 23.9 Å². The molecule has 0 aromatic heterocycles. The second-order valence-corrected chi connectivity index (χ2v) is 11.5. The third kappa shape index (κ3) is 7.74. The summed E-state index contributed by atoms with van der Waals surface area (Å²) in [6.07, 6.45) is -6.60. The van der Waals surface area contributed by atoms with Crippen LogP contribution in [0.3, 0.4) is 0 Å². The van der Waals surface area contributed by atoms with Gasteiger partial charge in [-0.1, -0.05) is 72.8 Å². The van der Waals surface area contributed by atoms with Gasteiger partial charge in [-0.05, 0) is 64.5 Å². The van der Waals surface area contributed by atoms with Crippen LogP contribution in [-0.2, 0) is 28.5 Å². The molecule has 0 bridgehead atoms. The molecule has 1 saturated heterocycles. The largest absolute Gasteiger partial charge is 0.459 e. The zero-order valence-electron chi connectivity index (χ0n) is 24.6. The molecule has 1 fully saturated rings. The fourth-order valence-corrected chi connectivity index (χ4v) is 5.39. The van der Waals surface area contributed by atoms with Gasteiger partial charge in [0, 0.05) is 0 Å². The summed E-state index contributed by atoms with van der Waals surface area (Å²) in [7, 11) is 0. The number of alkyl halides is 1. The third-order valence-electron chi connectivity index (χ3n) is 7.15. The van der Waals surface area contributed by atoms with Gasteiger partial charge in [0.2, 0.25) is 4.51 Å². The molecule has 4 aromatic carbocycles. The van der Waals surface area contributed by atoms with Crippen molar-refractivity contribution in [1.82, 2.24) is 0 Å². The molecule has 1 amide bonds. The molecule has 4 aromatic rings.